The lowest BCUT2D eigenvalue weighted by atomic mass is 10.0. The summed E-state index contributed by atoms with van der Waals surface area (Å²) < 4.78 is 5.19. The Hall–Kier alpha value is -3.25. The molecule has 0 bridgehead atoms. The van der Waals surface area contributed by atoms with Gasteiger partial charge in [-0.25, -0.2) is 14.9 Å². The lowest BCUT2D eigenvalue weighted by Crippen LogP contribution is -2.49. The van der Waals surface area contributed by atoms with Crippen molar-refractivity contribution in [2.75, 3.05) is 0 Å². The van der Waals surface area contributed by atoms with Crippen LogP contribution in [-0.2, 0) is 22.7 Å². The van der Waals surface area contributed by atoms with E-state index in [1.54, 1.807) is 45.0 Å². The van der Waals surface area contributed by atoms with Gasteiger partial charge in [-0.2, -0.15) is 0 Å². The molecule has 2 unspecified atom stereocenters. The second-order valence-corrected chi connectivity index (χ2v) is 7.84. The van der Waals surface area contributed by atoms with Crippen LogP contribution in [0.15, 0.2) is 29.4 Å². The van der Waals surface area contributed by atoms with Crippen molar-refractivity contribution in [3.05, 3.63) is 45.5 Å². The van der Waals surface area contributed by atoms with E-state index in [9.17, 15) is 19.7 Å². The first-order chi connectivity index (χ1) is 14.4. The van der Waals surface area contributed by atoms with Crippen molar-refractivity contribution in [2.45, 2.75) is 64.4 Å². The molecule has 1 rings (SSSR count). The zero-order valence-electron chi connectivity index (χ0n) is 17.8. The van der Waals surface area contributed by atoms with Crippen LogP contribution >= 0.6 is 0 Å². The number of hydrogen-bond acceptors (Lipinski definition) is 7. The summed E-state index contributed by atoms with van der Waals surface area (Å²) in [7, 11) is 0. The fraction of sp³-hybridized carbons (Fsp3) is 0.526. The molecule has 0 heterocycles. The van der Waals surface area contributed by atoms with Gasteiger partial charge in [-0.1, -0.05) is 24.3 Å². The smallest absolute Gasteiger partial charge is 0.408 e. The first kappa shape index (κ1) is 25.8. The molecule has 0 fully saturated rings. The molecule has 0 aromatic heterocycles. The minimum absolute atomic E-state index is 0.0453. The summed E-state index contributed by atoms with van der Waals surface area (Å²) in [6.07, 6.45) is -0.688. The van der Waals surface area contributed by atoms with Crippen LogP contribution < -0.4 is 22.1 Å². The lowest BCUT2D eigenvalue weighted by Gasteiger charge is -2.24. The SMILES string of the molecule is CC(C)(C)OC(=O)NC(CCC(N)/C(N)=N\[N+](=O)[O-])C(=O)NCc1ccc(CO)cc1. The molecule has 12 nitrogen and oxygen atoms in total. The van der Waals surface area contributed by atoms with E-state index in [1.165, 1.54) is 0 Å². The van der Waals surface area contributed by atoms with E-state index in [4.69, 9.17) is 21.3 Å². The zero-order valence-corrected chi connectivity index (χ0v) is 17.8. The Labute approximate surface area is 180 Å². The highest BCUT2D eigenvalue weighted by atomic mass is 16.7. The van der Waals surface area contributed by atoms with Gasteiger partial charge in [0, 0.05) is 6.54 Å². The van der Waals surface area contributed by atoms with E-state index < -0.39 is 34.7 Å². The molecular formula is C19H30N6O6. The van der Waals surface area contributed by atoms with Gasteiger partial charge in [-0.05, 0) is 44.7 Å². The number of nitrogens with one attached hydrogen (secondary N) is 2. The monoisotopic (exact) mass is 438 g/mol. The van der Waals surface area contributed by atoms with Gasteiger partial charge in [0.05, 0.1) is 17.8 Å². The average molecular weight is 438 g/mol. The van der Waals surface area contributed by atoms with Gasteiger partial charge < -0.3 is 31.9 Å². The second kappa shape index (κ2) is 11.8. The number of hydrazone groups is 1. The Morgan fingerprint density at radius 1 is 1.23 bits per heavy atom. The Balaban J connectivity index is 2.80. The maximum Gasteiger partial charge on any atom is 0.408 e. The zero-order chi connectivity index (χ0) is 23.6. The number of aliphatic hydroxyl groups excluding tert-OH is 1. The molecule has 1 aromatic rings. The number of nitrogens with two attached hydrogens (primary N) is 2. The van der Waals surface area contributed by atoms with Crippen molar-refractivity contribution >= 4 is 17.8 Å². The molecule has 0 aliphatic rings. The molecule has 2 atom stereocenters. The molecule has 0 spiro atoms. The highest BCUT2D eigenvalue weighted by Crippen LogP contribution is 2.09. The van der Waals surface area contributed by atoms with Gasteiger partial charge >= 0.3 is 6.09 Å². The first-order valence-corrected chi connectivity index (χ1v) is 9.61. The number of alkyl carbamates (subject to hydrolysis) is 1. The summed E-state index contributed by atoms with van der Waals surface area (Å²) in [6.45, 7) is 5.15. The summed E-state index contributed by atoms with van der Waals surface area (Å²) in [6, 6.07) is 5.00. The van der Waals surface area contributed by atoms with Crippen LogP contribution in [0.1, 0.15) is 44.7 Å². The van der Waals surface area contributed by atoms with Crippen molar-refractivity contribution < 1.29 is 24.5 Å². The maximum absolute atomic E-state index is 12.7. The number of aliphatic hydroxyl groups is 1. The Bertz CT molecular complexity index is 790. The quantitative estimate of drug-likeness (QED) is 0.149. The van der Waals surface area contributed by atoms with Crippen molar-refractivity contribution in [3.63, 3.8) is 0 Å². The van der Waals surface area contributed by atoms with Gasteiger partial charge in [-0.3, -0.25) is 4.79 Å². The molecule has 0 aliphatic carbocycles. The normalized spacial score (nSPS) is 13.8. The van der Waals surface area contributed by atoms with Crippen LogP contribution in [0.5, 0.6) is 0 Å². The molecule has 0 saturated heterocycles. The third kappa shape index (κ3) is 10.4. The fourth-order valence-electron chi connectivity index (χ4n) is 2.46. The van der Waals surface area contributed by atoms with Crippen LogP contribution in [0.4, 0.5) is 4.79 Å². The molecule has 0 radical (unpaired) electrons. The second-order valence-electron chi connectivity index (χ2n) is 7.84. The predicted molar refractivity (Wildman–Crippen MR) is 113 cm³/mol. The summed E-state index contributed by atoms with van der Waals surface area (Å²) in [5.41, 5.74) is 12.0. The van der Waals surface area contributed by atoms with Gasteiger partial charge in [0.15, 0.2) is 10.9 Å². The van der Waals surface area contributed by atoms with Crippen LogP contribution in [0.25, 0.3) is 0 Å². The molecular weight excluding hydrogens is 408 g/mol. The molecule has 31 heavy (non-hydrogen) atoms. The Kier molecular flexibility index (Phi) is 9.83. The third-order valence-electron chi connectivity index (χ3n) is 4.02. The van der Waals surface area contributed by atoms with Gasteiger partial charge in [0.1, 0.15) is 11.6 Å². The number of ether oxygens (including phenoxy) is 1. The minimum atomic E-state index is -1.01. The molecule has 2 amide bonds. The summed E-state index contributed by atoms with van der Waals surface area (Å²) in [5, 5.41) is 26.7. The van der Waals surface area contributed by atoms with Crippen LogP contribution in [0.2, 0.25) is 0 Å². The maximum atomic E-state index is 12.7. The van der Waals surface area contributed by atoms with Crippen LogP contribution in [-0.4, -0.2) is 45.7 Å². The summed E-state index contributed by atoms with van der Waals surface area (Å²) in [5.74, 6) is -0.875. The third-order valence-corrected chi connectivity index (χ3v) is 4.02. The van der Waals surface area contributed by atoms with E-state index in [1.807, 2.05) is 0 Å². The Morgan fingerprint density at radius 2 is 1.81 bits per heavy atom. The number of carbonyl (C=O) groups is 2. The van der Waals surface area contributed by atoms with Gasteiger partial charge in [0.25, 0.3) is 0 Å². The number of nitrogens with zero attached hydrogens (tertiary/aromatic N) is 2. The number of carbonyl (C=O) groups excluding carboxylic acids is 2. The van der Waals surface area contributed by atoms with E-state index >= 15 is 0 Å². The van der Waals surface area contributed by atoms with E-state index in [2.05, 4.69) is 15.7 Å². The molecule has 7 N–H and O–H groups in total. The van der Waals surface area contributed by atoms with Crippen molar-refractivity contribution in [1.29, 1.82) is 0 Å². The fourth-order valence-corrected chi connectivity index (χ4v) is 2.46. The number of amidine groups is 1. The molecule has 12 heteroatoms. The number of hydrogen-bond donors (Lipinski definition) is 5. The van der Waals surface area contributed by atoms with Crippen molar-refractivity contribution in [1.82, 2.24) is 10.6 Å². The topological polar surface area (TPSA) is 195 Å². The average Bonchev–Trinajstić information content (AvgIpc) is 2.67. The van der Waals surface area contributed by atoms with Gasteiger partial charge in [-0.15, -0.1) is 0 Å². The number of rotatable bonds is 10. The molecule has 172 valence electrons. The summed E-state index contributed by atoms with van der Waals surface area (Å²) >= 11 is 0. The molecule has 1 aromatic carbocycles. The number of nitro groups is 1. The lowest BCUT2D eigenvalue weighted by molar-refractivity contribution is -0.485. The van der Waals surface area contributed by atoms with E-state index in [-0.39, 0.29) is 31.8 Å². The van der Waals surface area contributed by atoms with Crippen molar-refractivity contribution in [3.8, 4) is 0 Å². The molecule has 0 aliphatic heterocycles. The van der Waals surface area contributed by atoms with E-state index in [0.717, 1.165) is 11.1 Å². The highest BCUT2D eigenvalue weighted by molar-refractivity contribution is 5.86. The molecule has 0 saturated carbocycles. The number of amides is 2. The largest absolute Gasteiger partial charge is 0.444 e. The van der Waals surface area contributed by atoms with E-state index in [0.29, 0.717) is 0 Å². The number of benzene rings is 1. The van der Waals surface area contributed by atoms with Crippen LogP contribution in [0.3, 0.4) is 0 Å². The van der Waals surface area contributed by atoms with Crippen LogP contribution in [0, 0.1) is 10.1 Å². The summed E-state index contributed by atoms with van der Waals surface area (Å²) in [4.78, 5) is 35.2. The minimum Gasteiger partial charge on any atom is -0.444 e. The van der Waals surface area contributed by atoms with Gasteiger partial charge in [0.2, 0.25) is 5.91 Å². The predicted octanol–water partition coefficient (Wildman–Crippen LogP) is 0.345. The highest BCUT2D eigenvalue weighted by Gasteiger charge is 2.25. The Morgan fingerprint density at radius 3 is 2.32 bits per heavy atom. The standard InChI is InChI=1S/C19H30N6O6/c1-19(2,3)31-18(28)23-15(9-8-14(20)16(21)24-25(29)30)17(27)22-10-12-4-6-13(11-26)7-5-12/h4-7,14-15,26H,8-11,20H2,1-3H3,(H2,21,24)(H,22,27)(H,23,28). The first-order valence-electron chi connectivity index (χ1n) is 9.61. The van der Waals surface area contributed by atoms with Crippen molar-refractivity contribution in [2.24, 2.45) is 16.6 Å².